The first-order valence-corrected chi connectivity index (χ1v) is 18.5. The zero-order chi connectivity index (χ0) is 38.6. The number of nitriles is 1. The van der Waals surface area contributed by atoms with Gasteiger partial charge in [-0.25, -0.2) is 4.79 Å². The fourth-order valence-electron chi connectivity index (χ4n) is 6.81. The molecule has 12 heteroatoms. The highest BCUT2D eigenvalue weighted by Gasteiger charge is 2.44. The number of hydrogen-bond donors (Lipinski definition) is 0. The van der Waals surface area contributed by atoms with Crippen molar-refractivity contribution in [1.82, 2.24) is 4.90 Å². The van der Waals surface area contributed by atoms with Crippen molar-refractivity contribution in [3.8, 4) is 17.6 Å². The quantitative estimate of drug-likeness (QED) is 0.103. The van der Waals surface area contributed by atoms with Crippen LogP contribution in [0.3, 0.4) is 0 Å². The number of esters is 2. The van der Waals surface area contributed by atoms with Crippen molar-refractivity contribution in [2.24, 2.45) is 16.8 Å². The lowest BCUT2D eigenvalue weighted by Gasteiger charge is -2.33. The molecule has 0 aromatic heterocycles. The van der Waals surface area contributed by atoms with E-state index in [4.69, 9.17) is 46.9 Å². The number of allylic oxidation sites excluding steroid dienone is 1. The Morgan fingerprint density at radius 2 is 1.75 bits per heavy atom. The number of benzene rings is 2. The molecule has 1 heterocycles. The molecular formula is C40H53Cl2N3O7. The van der Waals surface area contributed by atoms with E-state index in [9.17, 15) is 14.9 Å². The van der Waals surface area contributed by atoms with Crippen LogP contribution in [0.4, 0.5) is 0 Å². The molecule has 10 nitrogen and oxygen atoms in total. The molecule has 0 spiro atoms. The van der Waals surface area contributed by atoms with Crippen LogP contribution >= 0.6 is 23.2 Å². The Labute approximate surface area is 319 Å². The molecule has 1 aliphatic heterocycles. The number of likely N-dealkylation sites (N-methyl/N-ethyl adjacent to an activating group) is 1. The standard InChI is InChI=1S/C40H53Cl2N3O7/c1-10-19-50-20-21-51-38(46)34-27(5)44-28(6)35(36(34)30-13-11-14-31(41)37(30)42)39(47)52-26(4)23-45(7)18-12-17-40(24-43,25(2)3)29-15-16-32(48-8)33(22-29)49-9/h11,13-16,22,25-26,34,36H,10,12,17-21,23H2,1-9H3. The number of halogens is 2. The smallest absolute Gasteiger partial charge is 0.336 e. The van der Waals surface area contributed by atoms with E-state index in [0.717, 1.165) is 18.4 Å². The van der Waals surface area contributed by atoms with Crippen molar-refractivity contribution in [1.29, 1.82) is 5.26 Å². The third-order valence-corrected chi connectivity index (χ3v) is 10.3. The van der Waals surface area contributed by atoms with Crippen LogP contribution < -0.4 is 9.47 Å². The van der Waals surface area contributed by atoms with Crippen molar-refractivity contribution >= 4 is 40.9 Å². The van der Waals surface area contributed by atoms with E-state index in [1.165, 1.54) is 0 Å². The second-order valence-corrected chi connectivity index (χ2v) is 14.3. The molecule has 1 aliphatic rings. The summed E-state index contributed by atoms with van der Waals surface area (Å²) in [5, 5.41) is 11.0. The van der Waals surface area contributed by atoms with E-state index >= 15 is 0 Å². The average Bonchev–Trinajstić information content (AvgIpc) is 3.10. The fraction of sp³-hybridized carbons (Fsp3) is 0.550. The molecule has 0 N–H and O–H groups in total. The molecule has 2 aromatic rings. The summed E-state index contributed by atoms with van der Waals surface area (Å²) in [6.07, 6.45) is 1.67. The van der Waals surface area contributed by atoms with Gasteiger partial charge >= 0.3 is 11.9 Å². The minimum atomic E-state index is -0.932. The summed E-state index contributed by atoms with van der Waals surface area (Å²) in [5.41, 5.74) is 1.78. The molecular weight excluding hydrogens is 705 g/mol. The third kappa shape index (κ3) is 10.3. The lowest BCUT2D eigenvalue weighted by atomic mass is 9.69. The van der Waals surface area contributed by atoms with Gasteiger partial charge in [0.05, 0.1) is 47.9 Å². The van der Waals surface area contributed by atoms with Gasteiger partial charge in [0, 0.05) is 30.5 Å². The van der Waals surface area contributed by atoms with Crippen LogP contribution in [-0.2, 0) is 29.2 Å². The summed E-state index contributed by atoms with van der Waals surface area (Å²) >= 11 is 13.1. The van der Waals surface area contributed by atoms with Gasteiger partial charge in [-0.1, -0.05) is 62.2 Å². The average molecular weight is 759 g/mol. The lowest BCUT2D eigenvalue weighted by Crippen LogP contribution is -2.38. The molecule has 0 saturated heterocycles. The SMILES string of the molecule is CCCOCCOC(=O)C1C(C)=NC(C)=C(C(=O)OC(C)CN(C)CCCC(C#N)(c2ccc(OC)c(OC)c2)C(C)C)C1c1cccc(Cl)c1Cl. The highest BCUT2D eigenvalue weighted by Crippen LogP contribution is 2.44. The van der Waals surface area contributed by atoms with E-state index in [1.807, 2.05) is 39.1 Å². The van der Waals surface area contributed by atoms with Gasteiger partial charge in [0.15, 0.2) is 11.5 Å². The maximum atomic E-state index is 14.0. The highest BCUT2D eigenvalue weighted by atomic mass is 35.5. The molecule has 0 fully saturated rings. The maximum absolute atomic E-state index is 14.0. The number of ether oxygens (including phenoxy) is 5. The molecule has 52 heavy (non-hydrogen) atoms. The predicted molar refractivity (Wildman–Crippen MR) is 205 cm³/mol. The molecule has 4 atom stereocenters. The van der Waals surface area contributed by atoms with Crippen LogP contribution in [-0.4, -0.2) is 82.8 Å². The summed E-state index contributed by atoms with van der Waals surface area (Å²) in [6.45, 7) is 13.3. The first kappa shape index (κ1) is 42.8. The Morgan fingerprint density at radius 1 is 1.04 bits per heavy atom. The second-order valence-electron chi connectivity index (χ2n) is 13.5. The molecule has 0 aliphatic carbocycles. The van der Waals surface area contributed by atoms with Gasteiger partial charge < -0.3 is 28.6 Å². The molecule has 284 valence electrons. The fourth-order valence-corrected chi connectivity index (χ4v) is 7.24. The third-order valence-electron chi connectivity index (χ3n) is 9.51. The molecule has 0 radical (unpaired) electrons. The zero-order valence-electron chi connectivity index (χ0n) is 31.9. The largest absolute Gasteiger partial charge is 0.493 e. The monoisotopic (exact) mass is 757 g/mol. The maximum Gasteiger partial charge on any atom is 0.336 e. The van der Waals surface area contributed by atoms with Crippen molar-refractivity contribution in [2.45, 2.75) is 78.2 Å². The number of nitrogens with zero attached hydrogens (tertiary/aromatic N) is 3. The van der Waals surface area contributed by atoms with Gasteiger partial charge in [-0.2, -0.15) is 5.26 Å². The van der Waals surface area contributed by atoms with Gasteiger partial charge in [0.2, 0.25) is 0 Å². The lowest BCUT2D eigenvalue weighted by molar-refractivity contribution is -0.148. The van der Waals surface area contributed by atoms with Crippen LogP contribution in [0.25, 0.3) is 0 Å². The number of rotatable bonds is 19. The number of carbonyl (C=O) groups is 2. The second kappa shape index (κ2) is 20.0. The summed E-state index contributed by atoms with van der Waals surface area (Å²) < 4.78 is 28.1. The first-order chi connectivity index (χ1) is 24.8. The van der Waals surface area contributed by atoms with Gasteiger partial charge in [0.25, 0.3) is 0 Å². The normalized spacial score (nSPS) is 17.7. The van der Waals surface area contributed by atoms with E-state index < -0.39 is 35.3 Å². The van der Waals surface area contributed by atoms with Crippen molar-refractivity contribution in [3.05, 3.63) is 68.8 Å². The topological polar surface area (TPSA) is 120 Å². The van der Waals surface area contributed by atoms with Gasteiger partial charge in [-0.05, 0) is 88.9 Å². The number of methoxy groups -OCH3 is 2. The highest BCUT2D eigenvalue weighted by molar-refractivity contribution is 6.42. The molecule has 4 unspecified atom stereocenters. The molecule has 0 amide bonds. The van der Waals surface area contributed by atoms with Crippen molar-refractivity contribution in [2.75, 3.05) is 54.2 Å². The van der Waals surface area contributed by atoms with Crippen molar-refractivity contribution < 1.29 is 33.3 Å². The Balaban J connectivity index is 1.77. The molecule has 2 aromatic carbocycles. The van der Waals surface area contributed by atoms with E-state index in [1.54, 1.807) is 46.3 Å². The Kier molecular flexibility index (Phi) is 16.5. The summed E-state index contributed by atoms with van der Waals surface area (Å²) in [4.78, 5) is 34.3. The number of carbonyl (C=O) groups excluding carboxylic acids is 2. The number of hydrogen-bond acceptors (Lipinski definition) is 10. The van der Waals surface area contributed by atoms with E-state index in [2.05, 4.69) is 29.8 Å². The van der Waals surface area contributed by atoms with Crippen LogP contribution in [0.2, 0.25) is 10.0 Å². The van der Waals surface area contributed by atoms with Crippen LogP contribution in [0.15, 0.2) is 52.7 Å². The molecule has 0 saturated carbocycles. The number of aliphatic imine (C=N–C) groups is 1. The predicted octanol–water partition coefficient (Wildman–Crippen LogP) is 8.19. The minimum absolute atomic E-state index is 0.0375. The van der Waals surface area contributed by atoms with Gasteiger partial charge in [-0.15, -0.1) is 0 Å². The summed E-state index contributed by atoms with van der Waals surface area (Å²) in [7, 11) is 5.12. The van der Waals surface area contributed by atoms with Crippen LogP contribution in [0.5, 0.6) is 11.5 Å². The Hall–Kier alpha value is -3.62. The van der Waals surface area contributed by atoms with Crippen LogP contribution in [0, 0.1) is 23.2 Å². The summed E-state index contributed by atoms with van der Waals surface area (Å²) in [5.74, 6) is -1.69. The minimum Gasteiger partial charge on any atom is -0.493 e. The van der Waals surface area contributed by atoms with E-state index in [-0.39, 0.29) is 29.7 Å². The van der Waals surface area contributed by atoms with E-state index in [0.29, 0.717) is 59.6 Å². The molecule has 3 rings (SSSR count). The Bertz CT molecular complexity index is 1650. The zero-order valence-corrected chi connectivity index (χ0v) is 33.4. The van der Waals surface area contributed by atoms with Crippen LogP contribution in [0.1, 0.15) is 77.8 Å². The van der Waals surface area contributed by atoms with Gasteiger partial charge in [0.1, 0.15) is 18.6 Å². The Morgan fingerprint density at radius 3 is 2.38 bits per heavy atom. The molecule has 0 bridgehead atoms. The summed E-state index contributed by atoms with van der Waals surface area (Å²) in [6, 6.07) is 13.4. The first-order valence-electron chi connectivity index (χ1n) is 17.7. The van der Waals surface area contributed by atoms with Crippen molar-refractivity contribution in [3.63, 3.8) is 0 Å². The van der Waals surface area contributed by atoms with Gasteiger partial charge in [-0.3, -0.25) is 9.79 Å².